The molecule has 4 heteroatoms. The number of morpholine rings is 1. The second kappa shape index (κ2) is 5.80. The Morgan fingerprint density at radius 1 is 1.47 bits per heavy atom. The quantitative estimate of drug-likeness (QED) is 0.854. The minimum Gasteiger partial charge on any atom is -0.481 e. The Bertz CT molecular complexity index is 329. The predicted molar refractivity (Wildman–Crippen MR) is 74.1 cm³/mol. The van der Waals surface area contributed by atoms with Gasteiger partial charge in [-0.2, -0.15) is 0 Å². The molecule has 0 spiro atoms. The molecule has 19 heavy (non-hydrogen) atoms. The summed E-state index contributed by atoms with van der Waals surface area (Å²) in [5.41, 5.74) is 0.435. The normalized spacial score (nSPS) is 36.1. The highest BCUT2D eigenvalue weighted by Crippen LogP contribution is 2.41. The van der Waals surface area contributed by atoms with Gasteiger partial charge in [0.2, 0.25) is 0 Å². The Morgan fingerprint density at radius 3 is 2.84 bits per heavy atom. The van der Waals surface area contributed by atoms with Gasteiger partial charge in [0.1, 0.15) is 0 Å². The lowest BCUT2D eigenvalue weighted by atomic mass is 9.70. The second-order valence-corrected chi connectivity index (χ2v) is 7.02. The van der Waals surface area contributed by atoms with Crippen LogP contribution in [0.15, 0.2) is 0 Å². The van der Waals surface area contributed by atoms with Crippen LogP contribution in [0.2, 0.25) is 0 Å². The van der Waals surface area contributed by atoms with E-state index in [0.717, 1.165) is 13.2 Å². The first-order valence-electron chi connectivity index (χ1n) is 7.44. The SMILES string of the molecule is CC1CC(C)(C)CCC1N1CCOCC1CC(=O)O. The molecule has 0 aromatic rings. The van der Waals surface area contributed by atoms with Crippen molar-refractivity contribution in [2.45, 2.75) is 58.5 Å². The molecule has 0 amide bonds. The smallest absolute Gasteiger partial charge is 0.305 e. The van der Waals surface area contributed by atoms with Crippen LogP contribution in [0.3, 0.4) is 0 Å². The van der Waals surface area contributed by atoms with Gasteiger partial charge in [-0.3, -0.25) is 9.69 Å². The van der Waals surface area contributed by atoms with Crippen molar-refractivity contribution in [3.63, 3.8) is 0 Å². The third-order valence-electron chi connectivity index (χ3n) is 4.76. The monoisotopic (exact) mass is 269 g/mol. The van der Waals surface area contributed by atoms with Crippen molar-refractivity contribution >= 4 is 5.97 Å². The molecule has 1 aliphatic heterocycles. The first-order valence-corrected chi connectivity index (χ1v) is 7.44. The molecule has 0 radical (unpaired) electrons. The van der Waals surface area contributed by atoms with E-state index >= 15 is 0 Å². The van der Waals surface area contributed by atoms with Crippen LogP contribution < -0.4 is 0 Å². The average Bonchev–Trinajstić information content (AvgIpc) is 2.28. The lowest BCUT2D eigenvalue weighted by Crippen LogP contribution is -2.55. The van der Waals surface area contributed by atoms with Gasteiger partial charge in [0, 0.05) is 18.6 Å². The van der Waals surface area contributed by atoms with E-state index in [0.29, 0.717) is 24.0 Å². The zero-order valence-corrected chi connectivity index (χ0v) is 12.4. The van der Waals surface area contributed by atoms with Crippen molar-refractivity contribution < 1.29 is 14.6 Å². The summed E-state index contributed by atoms with van der Waals surface area (Å²) in [5.74, 6) is -0.0811. The summed E-state index contributed by atoms with van der Waals surface area (Å²) < 4.78 is 5.48. The van der Waals surface area contributed by atoms with Crippen LogP contribution in [0.25, 0.3) is 0 Å². The van der Waals surface area contributed by atoms with Crippen LogP contribution in [0.1, 0.15) is 46.5 Å². The molecule has 1 N–H and O–H groups in total. The Labute approximate surface area is 116 Å². The zero-order valence-electron chi connectivity index (χ0n) is 12.4. The zero-order chi connectivity index (χ0) is 14.0. The summed E-state index contributed by atoms with van der Waals surface area (Å²) in [6.45, 7) is 9.19. The number of aliphatic carboxylic acids is 1. The van der Waals surface area contributed by atoms with Gasteiger partial charge in [-0.05, 0) is 30.6 Å². The maximum absolute atomic E-state index is 11.0. The summed E-state index contributed by atoms with van der Waals surface area (Å²) in [6.07, 6.45) is 3.85. The molecule has 1 aliphatic carbocycles. The minimum absolute atomic E-state index is 0.0555. The van der Waals surface area contributed by atoms with Gasteiger partial charge in [0.05, 0.1) is 19.6 Å². The fourth-order valence-electron chi connectivity index (χ4n) is 3.91. The molecule has 1 heterocycles. The largest absolute Gasteiger partial charge is 0.481 e. The molecule has 2 aliphatic rings. The highest BCUT2D eigenvalue weighted by Gasteiger charge is 2.39. The van der Waals surface area contributed by atoms with Gasteiger partial charge in [0.15, 0.2) is 0 Å². The third kappa shape index (κ3) is 3.69. The summed E-state index contributed by atoms with van der Waals surface area (Å²) in [6, 6.07) is 0.584. The van der Waals surface area contributed by atoms with E-state index in [-0.39, 0.29) is 12.5 Å². The van der Waals surface area contributed by atoms with Gasteiger partial charge >= 0.3 is 5.97 Å². The van der Waals surface area contributed by atoms with E-state index in [1.807, 2.05) is 0 Å². The summed E-state index contributed by atoms with van der Waals surface area (Å²) >= 11 is 0. The van der Waals surface area contributed by atoms with E-state index in [1.165, 1.54) is 19.3 Å². The number of carbonyl (C=O) groups is 1. The number of carboxylic acids is 1. The maximum atomic E-state index is 11.0. The van der Waals surface area contributed by atoms with Crippen LogP contribution in [-0.4, -0.2) is 47.8 Å². The minimum atomic E-state index is -0.718. The van der Waals surface area contributed by atoms with Gasteiger partial charge in [0.25, 0.3) is 0 Å². The molecule has 1 saturated carbocycles. The Kier molecular flexibility index (Phi) is 4.51. The first kappa shape index (κ1) is 14.8. The van der Waals surface area contributed by atoms with E-state index < -0.39 is 5.97 Å². The topological polar surface area (TPSA) is 49.8 Å². The molecule has 4 nitrogen and oxygen atoms in total. The van der Waals surface area contributed by atoms with Crippen LogP contribution in [0, 0.1) is 11.3 Å². The maximum Gasteiger partial charge on any atom is 0.305 e. The average molecular weight is 269 g/mol. The molecule has 1 saturated heterocycles. The number of carboxylic acid groups (broad SMARTS) is 1. The van der Waals surface area contributed by atoms with Crippen molar-refractivity contribution in [1.82, 2.24) is 4.90 Å². The van der Waals surface area contributed by atoms with E-state index in [4.69, 9.17) is 9.84 Å². The van der Waals surface area contributed by atoms with Gasteiger partial charge in [-0.1, -0.05) is 20.8 Å². The molecule has 3 unspecified atom stereocenters. The lowest BCUT2D eigenvalue weighted by Gasteiger charge is -2.48. The Hall–Kier alpha value is -0.610. The van der Waals surface area contributed by atoms with E-state index in [1.54, 1.807) is 0 Å². The van der Waals surface area contributed by atoms with Crippen molar-refractivity contribution in [2.24, 2.45) is 11.3 Å². The number of ether oxygens (including phenoxy) is 1. The summed E-state index contributed by atoms with van der Waals surface area (Å²) in [5, 5.41) is 9.05. The highest BCUT2D eigenvalue weighted by atomic mass is 16.5. The lowest BCUT2D eigenvalue weighted by molar-refractivity contribution is -0.141. The fourth-order valence-corrected chi connectivity index (χ4v) is 3.91. The molecule has 0 aromatic carbocycles. The standard InChI is InChI=1S/C15H27NO3/c1-11-9-15(2,3)5-4-13(11)16-6-7-19-10-12(16)8-14(17)18/h11-13H,4-10H2,1-3H3,(H,17,18). The van der Waals surface area contributed by atoms with Crippen LogP contribution in [0.5, 0.6) is 0 Å². The number of hydrogen-bond acceptors (Lipinski definition) is 3. The van der Waals surface area contributed by atoms with E-state index in [2.05, 4.69) is 25.7 Å². The Balaban J connectivity index is 2.03. The molecule has 0 bridgehead atoms. The Morgan fingerprint density at radius 2 is 2.21 bits per heavy atom. The van der Waals surface area contributed by atoms with Crippen molar-refractivity contribution in [3.8, 4) is 0 Å². The highest BCUT2D eigenvalue weighted by molar-refractivity contribution is 5.67. The van der Waals surface area contributed by atoms with Crippen LogP contribution in [-0.2, 0) is 9.53 Å². The van der Waals surface area contributed by atoms with Crippen molar-refractivity contribution in [3.05, 3.63) is 0 Å². The molecule has 0 aromatic heterocycles. The molecule has 2 fully saturated rings. The summed E-state index contributed by atoms with van der Waals surface area (Å²) in [4.78, 5) is 13.4. The third-order valence-corrected chi connectivity index (χ3v) is 4.76. The van der Waals surface area contributed by atoms with Gasteiger partial charge in [-0.25, -0.2) is 0 Å². The molecule has 110 valence electrons. The fraction of sp³-hybridized carbons (Fsp3) is 0.933. The number of nitrogens with zero attached hydrogens (tertiary/aromatic N) is 1. The molecule has 2 rings (SSSR count). The van der Waals surface area contributed by atoms with Crippen molar-refractivity contribution in [1.29, 1.82) is 0 Å². The second-order valence-electron chi connectivity index (χ2n) is 7.02. The van der Waals surface area contributed by atoms with Crippen molar-refractivity contribution in [2.75, 3.05) is 19.8 Å². The molecular formula is C15H27NO3. The number of hydrogen-bond donors (Lipinski definition) is 1. The predicted octanol–water partition coefficient (Wildman–Crippen LogP) is 2.38. The molecular weight excluding hydrogens is 242 g/mol. The summed E-state index contributed by atoms with van der Waals surface area (Å²) in [7, 11) is 0. The van der Waals surface area contributed by atoms with E-state index in [9.17, 15) is 4.79 Å². The van der Waals surface area contributed by atoms with Crippen LogP contribution in [0.4, 0.5) is 0 Å². The van der Waals surface area contributed by atoms with Crippen LogP contribution >= 0.6 is 0 Å². The first-order chi connectivity index (χ1) is 8.89. The molecule has 3 atom stereocenters. The van der Waals surface area contributed by atoms with Gasteiger partial charge < -0.3 is 9.84 Å². The van der Waals surface area contributed by atoms with Gasteiger partial charge in [-0.15, -0.1) is 0 Å². The number of rotatable bonds is 3.